The van der Waals surface area contributed by atoms with Gasteiger partial charge in [-0.3, -0.25) is 4.79 Å². The summed E-state index contributed by atoms with van der Waals surface area (Å²) in [6.45, 7) is 2.25. The molecule has 1 aromatic carbocycles. The van der Waals surface area contributed by atoms with Gasteiger partial charge in [-0.05, 0) is 53.6 Å². The fourth-order valence-corrected chi connectivity index (χ4v) is 2.95. The standard InChI is InChI=1S/C17H18N8O2/c26-15(12-3-5-14(6-4-12)25-17(27)21-22-23-25)19-11-13-7-8-18-16(20-13)24-9-1-2-10-24/h3-8H,1-2,9-11H2,(H,19,26)(H,21,23,27). The van der Waals surface area contributed by atoms with Crippen molar-refractivity contribution in [2.24, 2.45) is 0 Å². The Bertz CT molecular complexity index is 988. The predicted octanol–water partition coefficient (Wildman–Crippen LogP) is 0.276. The molecule has 4 rings (SSSR count). The van der Waals surface area contributed by atoms with Crippen LogP contribution in [0.4, 0.5) is 5.95 Å². The van der Waals surface area contributed by atoms with Crippen LogP contribution in [-0.2, 0) is 6.54 Å². The number of nitrogens with one attached hydrogen (secondary N) is 2. The number of tetrazole rings is 1. The lowest BCUT2D eigenvalue weighted by atomic mass is 10.2. The maximum Gasteiger partial charge on any atom is 0.365 e. The Hall–Kier alpha value is -3.56. The molecule has 0 spiro atoms. The second kappa shape index (κ2) is 7.36. The lowest BCUT2D eigenvalue weighted by molar-refractivity contribution is 0.0950. The van der Waals surface area contributed by atoms with Gasteiger partial charge in [0.15, 0.2) is 0 Å². The highest BCUT2D eigenvalue weighted by molar-refractivity contribution is 5.94. The lowest BCUT2D eigenvalue weighted by Crippen LogP contribution is -2.25. The summed E-state index contributed by atoms with van der Waals surface area (Å²) in [7, 11) is 0. The summed E-state index contributed by atoms with van der Waals surface area (Å²) in [5.41, 5.74) is 1.32. The average Bonchev–Trinajstić information content (AvgIpc) is 3.38. The molecule has 2 aromatic heterocycles. The molecule has 0 bridgehead atoms. The number of amides is 1. The summed E-state index contributed by atoms with van der Waals surface area (Å²) in [5.74, 6) is 0.483. The summed E-state index contributed by atoms with van der Waals surface area (Å²) < 4.78 is 1.11. The molecule has 2 N–H and O–H groups in total. The number of nitrogens with zero attached hydrogens (tertiary/aromatic N) is 6. The van der Waals surface area contributed by atoms with Crippen molar-refractivity contribution < 1.29 is 4.79 Å². The van der Waals surface area contributed by atoms with E-state index in [2.05, 4.69) is 35.7 Å². The van der Waals surface area contributed by atoms with Crippen molar-refractivity contribution in [1.82, 2.24) is 35.5 Å². The van der Waals surface area contributed by atoms with Crippen LogP contribution >= 0.6 is 0 Å². The van der Waals surface area contributed by atoms with Crippen molar-refractivity contribution in [2.75, 3.05) is 18.0 Å². The molecule has 10 heteroatoms. The number of aromatic amines is 1. The fourth-order valence-electron chi connectivity index (χ4n) is 2.95. The number of benzene rings is 1. The fraction of sp³-hybridized carbons (Fsp3) is 0.294. The number of carbonyl (C=O) groups is 1. The van der Waals surface area contributed by atoms with Crippen molar-refractivity contribution in [3.05, 3.63) is 58.3 Å². The van der Waals surface area contributed by atoms with Gasteiger partial charge in [-0.2, -0.15) is 4.68 Å². The number of anilines is 1. The topological polar surface area (TPSA) is 122 Å². The van der Waals surface area contributed by atoms with Crippen LogP contribution in [0.15, 0.2) is 41.3 Å². The van der Waals surface area contributed by atoms with E-state index in [0.29, 0.717) is 23.7 Å². The SMILES string of the molecule is O=C(NCc1ccnc(N2CCCC2)n1)c1ccc(-n2nn[nH]c2=O)cc1. The maximum atomic E-state index is 12.4. The Morgan fingerprint density at radius 2 is 1.93 bits per heavy atom. The molecular formula is C17H18N8O2. The predicted molar refractivity (Wildman–Crippen MR) is 96.6 cm³/mol. The molecular weight excluding hydrogens is 348 g/mol. The molecule has 1 aliphatic heterocycles. The molecule has 1 fully saturated rings. The monoisotopic (exact) mass is 366 g/mol. The van der Waals surface area contributed by atoms with Gasteiger partial charge in [-0.1, -0.05) is 0 Å². The Morgan fingerprint density at radius 3 is 2.63 bits per heavy atom. The lowest BCUT2D eigenvalue weighted by Gasteiger charge is -2.15. The first-order chi connectivity index (χ1) is 13.2. The minimum absolute atomic E-state index is 0.226. The van der Waals surface area contributed by atoms with Crippen molar-refractivity contribution in [3.8, 4) is 5.69 Å². The molecule has 0 saturated carbocycles. The van der Waals surface area contributed by atoms with Crippen LogP contribution in [-0.4, -0.2) is 49.2 Å². The van der Waals surface area contributed by atoms with E-state index in [9.17, 15) is 9.59 Å². The summed E-state index contributed by atoms with van der Waals surface area (Å²) in [5, 5.41) is 12.2. The van der Waals surface area contributed by atoms with Gasteiger partial charge in [0, 0.05) is 24.8 Å². The van der Waals surface area contributed by atoms with Gasteiger partial charge in [-0.25, -0.2) is 19.9 Å². The van der Waals surface area contributed by atoms with E-state index in [1.807, 2.05) is 0 Å². The van der Waals surface area contributed by atoms with Crippen LogP contribution < -0.4 is 15.9 Å². The first kappa shape index (κ1) is 16.9. The van der Waals surface area contributed by atoms with Crippen LogP contribution in [0.5, 0.6) is 0 Å². The Morgan fingerprint density at radius 1 is 1.15 bits per heavy atom. The minimum Gasteiger partial charge on any atom is -0.346 e. The molecule has 138 valence electrons. The van der Waals surface area contributed by atoms with Gasteiger partial charge >= 0.3 is 5.69 Å². The summed E-state index contributed by atoms with van der Waals surface area (Å²) in [6.07, 6.45) is 4.02. The van der Waals surface area contributed by atoms with E-state index in [-0.39, 0.29) is 5.91 Å². The molecule has 0 unspecified atom stereocenters. The highest BCUT2D eigenvalue weighted by Gasteiger charge is 2.15. The van der Waals surface area contributed by atoms with E-state index in [1.54, 1.807) is 36.5 Å². The molecule has 1 amide bonds. The third-order valence-corrected chi connectivity index (χ3v) is 4.37. The molecule has 0 aliphatic carbocycles. The van der Waals surface area contributed by atoms with Gasteiger partial charge in [0.1, 0.15) is 0 Å². The van der Waals surface area contributed by atoms with E-state index < -0.39 is 5.69 Å². The van der Waals surface area contributed by atoms with Crippen LogP contribution in [0, 0.1) is 0 Å². The van der Waals surface area contributed by atoms with Gasteiger partial charge in [0.25, 0.3) is 5.91 Å². The Labute approximate surface area is 154 Å². The van der Waals surface area contributed by atoms with Crippen LogP contribution in [0.3, 0.4) is 0 Å². The van der Waals surface area contributed by atoms with Crippen LogP contribution in [0.25, 0.3) is 5.69 Å². The second-order valence-electron chi connectivity index (χ2n) is 6.19. The van der Waals surface area contributed by atoms with Gasteiger partial charge in [0.05, 0.1) is 17.9 Å². The zero-order valence-corrected chi connectivity index (χ0v) is 14.5. The largest absolute Gasteiger partial charge is 0.365 e. The Balaban J connectivity index is 1.40. The molecule has 3 aromatic rings. The van der Waals surface area contributed by atoms with E-state index >= 15 is 0 Å². The van der Waals surface area contributed by atoms with Gasteiger partial charge in [-0.15, -0.1) is 0 Å². The number of hydrogen-bond donors (Lipinski definition) is 2. The van der Waals surface area contributed by atoms with Crippen LogP contribution in [0.1, 0.15) is 28.9 Å². The van der Waals surface area contributed by atoms with Crippen molar-refractivity contribution in [2.45, 2.75) is 19.4 Å². The second-order valence-corrected chi connectivity index (χ2v) is 6.19. The van der Waals surface area contributed by atoms with E-state index in [4.69, 9.17) is 0 Å². The smallest absolute Gasteiger partial charge is 0.346 e. The van der Waals surface area contributed by atoms with Gasteiger partial charge in [0.2, 0.25) is 5.95 Å². The zero-order valence-electron chi connectivity index (χ0n) is 14.5. The number of aromatic nitrogens is 6. The number of rotatable bonds is 5. The zero-order chi connectivity index (χ0) is 18.6. The summed E-state index contributed by atoms with van der Waals surface area (Å²) >= 11 is 0. The molecule has 27 heavy (non-hydrogen) atoms. The molecule has 3 heterocycles. The average molecular weight is 366 g/mol. The maximum absolute atomic E-state index is 12.4. The van der Waals surface area contributed by atoms with E-state index in [1.165, 1.54) is 0 Å². The highest BCUT2D eigenvalue weighted by atomic mass is 16.2. The molecule has 0 radical (unpaired) electrons. The summed E-state index contributed by atoms with van der Waals surface area (Å²) in [4.78, 5) is 34.8. The highest BCUT2D eigenvalue weighted by Crippen LogP contribution is 2.15. The normalized spacial score (nSPS) is 13.7. The third kappa shape index (κ3) is 3.68. The summed E-state index contributed by atoms with van der Waals surface area (Å²) in [6, 6.07) is 8.31. The number of carbonyl (C=O) groups excluding carboxylic acids is 1. The minimum atomic E-state index is -0.440. The van der Waals surface area contributed by atoms with Gasteiger partial charge < -0.3 is 10.2 Å². The number of H-pyrrole nitrogens is 1. The van der Waals surface area contributed by atoms with Crippen molar-refractivity contribution in [1.29, 1.82) is 0 Å². The first-order valence-corrected chi connectivity index (χ1v) is 8.66. The third-order valence-electron chi connectivity index (χ3n) is 4.37. The van der Waals surface area contributed by atoms with Crippen LogP contribution in [0.2, 0.25) is 0 Å². The molecule has 10 nitrogen and oxygen atoms in total. The van der Waals surface area contributed by atoms with Crippen molar-refractivity contribution >= 4 is 11.9 Å². The first-order valence-electron chi connectivity index (χ1n) is 8.66. The van der Waals surface area contributed by atoms with Crippen molar-refractivity contribution in [3.63, 3.8) is 0 Å². The molecule has 0 atom stereocenters. The molecule has 1 saturated heterocycles. The van der Waals surface area contributed by atoms with E-state index in [0.717, 1.165) is 36.3 Å². The molecule has 1 aliphatic rings. The number of hydrogen-bond acceptors (Lipinski definition) is 7. The quantitative estimate of drug-likeness (QED) is 0.665. The Kier molecular flexibility index (Phi) is 4.60.